The summed E-state index contributed by atoms with van der Waals surface area (Å²) in [6.45, 7) is 14.7. The summed E-state index contributed by atoms with van der Waals surface area (Å²) in [7, 11) is -2.52. The zero-order valence-corrected chi connectivity index (χ0v) is 27.5. The van der Waals surface area contributed by atoms with E-state index in [4.69, 9.17) is 49.2 Å². The third kappa shape index (κ3) is 14.4. The summed E-state index contributed by atoms with van der Waals surface area (Å²) in [6, 6.07) is 21.3. The minimum Gasteiger partial charge on any atom is -0.405 e. The van der Waals surface area contributed by atoms with Gasteiger partial charge in [0.15, 0.2) is 0 Å². The second-order valence-electron chi connectivity index (χ2n) is 10.5. The molecule has 0 bridgehead atoms. The Balaban J connectivity index is 1.48. The highest BCUT2D eigenvalue weighted by Gasteiger charge is 2.49. The molecule has 2 rings (SSSR count). The smallest absolute Gasteiger partial charge is 0.261 e. The maximum Gasteiger partial charge on any atom is 0.261 e. The van der Waals surface area contributed by atoms with Gasteiger partial charge in [0, 0.05) is 5.88 Å². The number of halogens is 1. The minimum absolute atomic E-state index is 0.0480. The molecule has 0 amide bonds. The molecule has 0 fully saturated rings. The lowest BCUT2D eigenvalue weighted by Gasteiger charge is -2.43. The molecular formula is C32H51ClO8Si. The molecular weight excluding hydrogens is 576 g/mol. The Labute approximate surface area is 259 Å². The molecule has 0 aliphatic carbocycles. The van der Waals surface area contributed by atoms with Gasteiger partial charge >= 0.3 is 0 Å². The van der Waals surface area contributed by atoms with Gasteiger partial charge in [0.25, 0.3) is 8.32 Å². The van der Waals surface area contributed by atoms with E-state index < -0.39 is 8.32 Å². The number of rotatable bonds is 26. The van der Waals surface area contributed by atoms with Crippen molar-refractivity contribution in [2.75, 3.05) is 105 Å². The van der Waals surface area contributed by atoms with E-state index in [-0.39, 0.29) is 5.04 Å². The molecule has 0 aliphatic rings. The number of ether oxygens (including phenoxy) is 7. The Hall–Kier alpha value is -1.37. The van der Waals surface area contributed by atoms with E-state index in [9.17, 15) is 0 Å². The lowest BCUT2D eigenvalue weighted by molar-refractivity contribution is -0.0209. The Kier molecular flexibility index (Phi) is 20.2. The van der Waals surface area contributed by atoms with Crippen LogP contribution in [0.2, 0.25) is 5.04 Å². The van der Waals surface area contributed by atoms with Crippen molar-refractivity contribution in [1.82, 2.24) is 0 Å². The van der Waals surface area contributed by atoms with Crippen LogP contribution < -0.4 is 10.4 Å². The van der Waals surface area contributed by atoms with E-state index in [1.807, 2.05) is 0 Å². The SMILES string of the molecule is CC(C)(C)[Si](OCCOCCOCCOCCOCCOCCOCCOCCCl)(c1ccccc1)c1ccccc1. The normalized spacial score (nSPS) is 12.2. The van der Waals surface area contributed by atoms with E-state index >= 15 is 0 Å². The lowest BCUT2D eigenvalue weighted by Crippen LogP contribution is -2.66. The Bertz CT molecular complexity index is 846. The summed E-state index contributed by atoms with van der Waals surface area (Å²) in [5, 5.41) is 2.49. The molecule has 8 nitrogen and oxygen atoms in total. The van der Waals surface area contributed by atoms with Crippen molar-refractivity contribution in [3.63, 3.8) is 0 Å². The van der Waals surface area contributed by atoms with Gasteiger partial charge in [0.2, 0.25) is 0 Å². The first-order chi connectivity index (χ1) is 20.5. The van der Waals surface area contributed by atoms with Gasteiger partial charge in [-0.2, -0.15) is 0 Å². The molecule has 0 aliphatic heterocycles. The van der Waals surface area contributed by atoms with Crippen molar-refractivity contribution >= 4 is 30.3 Å². The minimum atomic E-state index is -2.52. The van der Waals surface area contributed by atoms with Crippen LogP contribution in [0.25, 0.3) is 0 Å². The molecule has 0 radical (unpaired) electrons. The van der Waals surface area contributed by atoms with Crippen LogP contribution in [0.4, 0.5) is 0 Å². The topological polar surface area (TPSA) is 73.8 Å². The summed E-state index contributed by atoms with van der Waals surface area (Å²) in [4.78, 5) is 0. The second kappa shape index (κ2) is 23.1. The van der Waals surface area contributed by atoms with Crippen LogP contribution in [-0.4, -0.2) is 113 Å². The monoisotopic (exact) mass is 626 g/mol. The molecule has 0 aromatic heterocycles. The third-order valence-corrected chi connectivity index (χ3v) is 11.6. The largest absolute Gasteiger partial charge is 0.405 e. The highest BCUT2D eigenvalue weighted by molar-refractivity contribution is 6.99. The van der Waals surface area contributed by atoms with Crippen LogP contribution in [-0.2, 0) is 37.6 Å². The van der Waals surface area contributed by atoms with Crippen molar-refractivity contribution in [3.8, 4) is 0 Å². The number of benzene rings is 2. The first-order valence-electron chi connectivity index (χ1n) is 14.9. The van der Waals surface area contributed by atoms with E-state index in [0.29, 0.717) is 105 Å². The fraction of sp³-hybridized carbons (Fsp3) is 0.625. The van der Waals surface area contributed by atoms with Crippen molar-refractivity contribution in [2.24, 2.45) is 0 Å². The summed E-state index contributed by atoms with van der Waals surface area (Å²) in [5.41, 5.74) is 0. The zero-order chi connectivity index (χ0) is 30.2. The van der Waals surface area contributed by atoms with Gasteiger partial charge in [-0.15, -0.1) is 11.6 Å². The van der Waals surface area contributed by atoms with E-state index in [2.05, 4.69) is 81.4 Å². The van der Waals surface area contributed by atoms with Crippen molar-refractivity contribution in [2.45, 2.75) is 25.8 Å². The molecule has 2 aromatic rings. The van der Waals surface area contributed by atoms with Crippen LogP contribution >= 0.6 is 11.6 Å². The van der Waals surface area contributed by atoms with Crippen molar-refractivity contribution in [3.05, 3.63) is 60.7 Å². The van der Waals surface area contributed by atoms with Gasteiger partial charge in [-0.3, -0.25) is 0 Å². The summed E-state index contributed by atoms with van der Waals surface area (Å²) >= 11 is 5.52. The zero-order valence-electron chi connectivity index (χ0n) is 25.7. The van der Waals surface area contributed by atoms with Crippen LogP contribution in [0.3, 0.4) is 0 Å². The predicted octanol–water partition coefficient (Wildman–Crippen LogP) is 3.92. The molecule has 0 spiro atoms. The molecule has 0 heterocycles. The predicted molar refractivity (Wildman–Crippen MR) is 170 cm³/mol. The average Bonchev–Trinajstić information content (AvgIpc) is 3.00. The molecule has 238 valence electrons. The summed E-state index contributed by atoms with van der Waals surface area (Å²) < 4.78 is 45.4. The molecule has 0 saturated carbocycles. The van der Waals surface area contributed by atoms with Crippen LogP contribution in [0.1, 0.15) is 20.8 Å². The quantitative estimate of drug-likeness (QED) is 0.0884. The second-order valence-corrected chi connectivity index (χ2v) is 15.2. The van der Waals surface area contributed by atoms with Crippen molar-refractivity contribution < 1.29 is 37.6 Å². The standard InChI is InChI=1S/C32H51ClO8Si/c1-32(2,3)42(30-10-6-4-7-11-30,31-12-8-5-9-13-31)41-29-28-40-27-26-39-25-24-38-23-22-37-21-20-36-19-18-35-17-16-34-15-14-33/h4-13H,14-29H2,1-3H3. The highest BCUT2D eigenvalue weighted by atomic mass is 35.5. The first kappa shape index (κ1) is 36.8. The van der Waals surface area contributed by atoms with Gasteiger partial charge in [0.05, 0.1) is 99.1 Å². The molecule has 2 aromatic carbocycles. The molecule has 10 heteroatoms. The molecule has 0 atom stereocenters. The Morgan fingerprint density at radius 1 is 0.452 bits per heavy atom. The highest BCUT2D eigenvalue weighted by Crippen LogP contribution is 2.36. The van der Waals surface area contributed by atoms with Crippen LogP contribution in [0.5, 0.6) is 0 Å². The fourth-order valence-corrected chi connectivity index (χ4v) is 9.15. The molecule has 0 saturated heterocycles. The van der Waals surface area contributed by atoms with E-state index in [0.717, 1.165) is 0 Å². The Morgan fingerprint density at radius 3 is 1.02 bits per heavy atom. The third-order valence-electron chi connectivity index (χ3n) is 6.42. The Morgan fingerprint density at radius 2 is 0.738 bits per heavy atom. The van der Waals surface area contributed by atoms with Gasteiger partial charge < -0.3 is 37.6 Å². The fourth-order valence-electron chi connectivity index (χ4n) is 4.49. The van der Waals surface area contributed by atoms with E-state index in [1.54, 1.807) is 0 Å². The maximum atomic E-state index is 6.83. The van der Waals surface area contributed by atoms with E-state index in [1.165, 1.54) is 10.4 Å². The van der Waals surface area contributed by atoms with Gasteiger partial charge in [-0.05, 0) is 15.4 Å². The molecule has 42 heavy (non-hydrogen) atoms. The van der Waals surface area contributed by atoms with Crippen LogP contribution in [0.15, 0.2) is 60.7 Å². The van der Waals surface area contributed by atoms with Gasteiger partial charge in [0.1, 0.15) is 0 Å². The van der Waals surface area contributed by atoms with Gasteiger partial charge in [-0.1, -0.05) is 81.4 Å². The lowest BCUT2D eigenvalue weighted by atomic mass is 10.2. The van der Waals surface area contributed by atoms with Crippen LogP contribution in [0, 0.1) is 0 Å². The number of hydrogen-bond donors (Lipinski definition) is 0. The number of alkyl halides is 1. The average molecular weight is 627 g/mol. The summed E-state index contributed by atoms with van der Waals surface area (Å²) in [5.74, 6) is 0.500. The molecule has 0 N–H and O–H groups in total. The number of hydrogen-bond acceptors (Lipinski definition) is 8. The first-order valence-corrected chi connectivity index (χ1v) is 17.3. The van der Waals surface area contributed by atoms with Crippen molar-refractivity contribution in [1.29, 1.82) is 0 Å². The summed E-state index contributed by atoms with van der Waals surface area (Å²) in [6.07, 6.45) is 0. The maximum absolute atomic E-state index is 6.83. The van der Waals surface area contributed by atoms with Gasteiger partial charge in [-0.25, -0.2) is 0 Å². The molecule has 0 unspecified atom stereocenters.